The number of nitrogens with zero attached hydrogens (tertiary/aromatic N) is 4. The van der Waals surface area contributed by atoms with Crippen molar-refractivity contribution in [2.75, 3.05) is 6.54 Å². The summed E-state index contributed by atoms with van der Waals surface area (Å²) >= 11 is 0. The molecule has 1 aliphatic rings. The third-order valence-corrected chi connectivity index (χ3v) is 6.22. The van der Waals surface area contributed by atoms with Crippen LogP contribution in [0, 0.1) is 0 Å². The lowest BCUT2D eigenvalue weighted by atomic mass is 10.0. The van der Waals surface area contributed by atoms with E-state index < -0.39 is 24.1 Å². The molecule has 1 fully saturated rings. The lowest BCUT2D eigenvalue weighted by Gasteiger charge is -2.28. The van der Waals surface area contributed by atoms with Gasteiger partial charge in [-0.3, -0.25) is 9.59 Å². The standard InChI is InChI=1S/C24H29N7O4/c1-30-20-10-8-16(11-19(20)28-29-30)13-26-22(32)21-12-17(25)14-31(21)23(33)18(27-24(34)35)9-7-15-5-3-2-4-6-15/h2-6,8,10-11,17-18,21,27H,7,9,12-14,25H2,1H3,(H,26,32)(H,34,35)/t17?,18-,21?/m1/s1. The van der Waals surface area contributed by atoms with Gasteiger partial charge < -0.3 is 26.4 Å². The molecule has 1 aromatic heterocycles. The number of carbonyl (C=O) groups excluding carboxylic acids is 2. The zero-order valence-corrected chi connectivity index (χ0v) is 19.4. The summed E-state index contributed by atoms with van der Waals surface area (Å²) in [6.07, 6.45) is -0.202. The van der Waals surface area contributed by atoms with Gasteiger partial charge in [-0.15, -0.1) is 5.10 Å². The number of amides is 3. The Kier molecular flexibility index (Phi) is 7.25. The van der Waals surface area contributed by atoms with E-state index in [-0.39, 0.29) is 31.5 Å². The first-order valence-electron chi connectivity index (χ1n) is 11.5. The molecule has 0 radical (unpaired) electrons. The van der Waals surface area contributed by atoms with E-state index >= 15 is 0 Å². The van der Waals surface area contributed by atoms with E-state index in [1.54, 1.807) is 11.7 Å². The van der Waals surface area contributed by atoms with E-state index in [2.05, 4.69) is 20.9 Å². The van der Waals surface area contributed by atoms with Crippen LogP contribution in [0.15, 0.2) is 48.5 Å². The molecule has 3 amide bonds. The quantitative estimate of drug-likeness (QED) is 0.372. The largest absolute Gasteiger partial charge is 0.465 e. The number of carboxylic acid groups (broad SMARTS) is 1. The van der Waals surface area contributed by atoms with Crippen molar-refractivity contribution in [3.63, 3.8) is 0 Å². The van der Waals surface area contributed by atoms with Gasteiger partial charge in [0.05, 0.1) is 5.52 Å². The molecule has 1 saturated heterocycles. The predicted octanol–water partition coefficient (Wildman–Crippen LogP) is 0.782. The Morgan fingerprint density at radius 3 is 2.69 bits per heavy atom. The Balaban J connectivity index is 1.42. The molecule has 3 atom stereocenters. The number of benzene rings is 2. The molecule has 1 aliphatic heterocycles. The molecule has 2 unspecified atom stereocenters. The number of nitrogens with two attached hydrogens (primary N) is 1. The number of nitrogens with one attached hydrogen (secondary N) is 2. The summed E-state index contributed by atoms with van der Waals surface area (Å²) in [4.78, 5) is 39.2. The molecular formula is C24H29N7O4. The summed E-state index contributed by atoms with van der Waals surface area (Å²) in [6, 6.07) is 13.0. The van der Waals surface area contributed by atoms with E-state index in [1.807, 2.05) is 48.5 Å². The van der Waals surface area contributed by atoms with E-state index in [9.17, 15) is 19.5 Å². The number of fused-ring (bicyclic) bond motifs is 1. The zero-order chi connectivity index (χ0) is 24.9. The maximum atomic E-state index is 13.3. The second-order valence-electron chi connectivity index (χ2n) is 8.78. The number of aryl methyl sites for hydroxylation is 2. The van der Waals surface area contributed by atoms with Crippen molar-refractivity contribution >= 4 is 28.9 Å². The fourth-order valence-electron chi connectivity index (χ4n) is 4.43. The van der Waals surface area contributed by atoms with Crippen molar-refractivity contribution in [1.82, 2.24) is 30.5 Å². The molecule has 0 bridgehead atoms. The Bertz CT molecular complexity index is 1210. The van der Waals surface area contributed by atoms with Gasteiger partial charge in [0, 0.05) is 26.2 Å². The average molecular weight is 480 g/mol. The minimum absolute atomic E-state index is 0.186. The molecule has 11 heteroatoms. The van der Waals surface area contributed by atoms with Crippen molar-refractivity contribution in [1.29, 1.82) is 0 Å². The van der Waals surface area contributed by atoms with Crippen LogP contribution in [0.5, 0.6) is 0 Å². The van der Waals surface area contributed by atoms with E-state index in [0.717, 1.165) is 22.2 Å². The highest BCUT2D eigenvalue weighted by atomic mass is 16.4. The normalized spacial score (nSPS) is 18.4. The van der Waals surface area contributed by atoms with Crippen LogP contribution in [-0.4, -0.2) is 67.6 Å². The second kappa shape index (κ2) is 10.5. The maximum Gasteiger partial charge on any atom is 0.405 e. The van der Waals surface area contributed by atoms with Crippen LogP contribution in [0.4, 0.5) is 4.79 Å². The monoisotopic (exact) mass is 479 g/mol. The lowest BCUT2D eigenvalue weighted by molar-refractivity contribution is -0.140. The van der Waals surface area contributed by atoms with Gasteiger partial charge in [0.15, 0.2) is 0 Å². The molecular weight excluding hydrogens is 450 g/mol. The molecule has 35 heavy (non-hydrogen) atoms. The summed E-state index contributed by atoms with van der Waals surface area (Å²) in [7, 11) is 1.80. The van der Waals surface area contributed by atoms with Crippen molar-refractivity contribution in [2.24, 2.45) is 12.8 Å². The van der Waals surface area contributed by atoms with Gasteiger partial charge >= 0.3 is 6.09 Å². The van der Waals surface area contributed by atoms with E-state index in [1.165, 1.54) is 4.90 Å². The molecule has 5 N–H and O–H groups in total. The smallest absolute Gasteiger partial charge is 0.405 e. The van der Waals surface area contributed by atoms with Crippen LogP contribution in [0.2, 0.25) is 0 Å². The maximum absolute atomic E-state index is 13.3. The first-order chi connectivity index (χ1) is 16.8. The summed E-state index contributed by atoms with van der Waals surface area (Å²) in [5, 5.41) is 22.5. The van der Waals surface area contributed by atoms with Crippen molar-refractivity contribution in [3.8, 4) is 0 Å². The van der Waals surface area contributed by atoms with Crippen molar-refractivity contribution in [3.05, 3.63) is 59.7 Å². The number of hydrogen-bond donors (Lipinski definition) is 4. The van der Waals surface area contributed by atoms with Crippen LogP contribution in [0.25, 0.3) is 11.0 Å². The molecule has 3 aromatic rings. The molecule has 4 rings (SSSR count). The highest BCUT2D eigenvalue weighted by Crippen LogP contribution is 2.20. The number of aromatic nitrogens is 3. The number of hydrogen-bond acceptors (Lipinski definition) is 6. The van der Waals surface area contributed by atoms with Crippen LogP contribution < -0.4 is 16.4 Å². The van der Waals surface area contributed by atoms with Gasteiger partial charge in [0.2, 0.25) is 11.8 Å². The van der Waals surface area contributed by atoms with Crippen molar-refractivity contribution < 1.29 is 19.5 Å². The highest BCUT2D eigenvalue weighted by Gasteiger charge is 2.40. The third kappa shape index (κ3) is 5.75. The molecule has 2 aromatic carbocycles. The first-order valence-corrected chi connectivity index (χ1v) is 11.5. The number of rotatable bonds is 8. The summed E-state index contributed by atoms with van der Waals surface area (Å²) in [5.74, 6) is -0.778. The van der Waals surface area contributed by atoms with Crippen molar-refractivity contribution in [2.45, 2.75) is 43.9 Å². The van der Waals surface area contributed by atoms with Gasteiger partial charge in [-0.05, 0) is 42.5 Å². The molecule has 0 spiro atoms. The lowest BCUT2D eigenvalue weighted by Crippen LogP contribution is -2.53. The van der Waals surface area contributed by atoms with Crippen LogP contribution >= 0.6 is 0 Å². The van der Waals surface area contributed by atoms with E-state index in [0.29, 0.717) is 12.8 Å². The summed E-state index contributed by atoms with van der Waals surface area (Å²) in [5.41, 5.74) is 9.54. The van der Waals surface area contributed by atoms with Gasteiger partial charge in [-0.25, -0.2) is 9.48 Å². The van der Waals surface area contributed by atoms with Crippen LogP contribution in [-0.2, 0) is 29.6 Å². The Hall–Kier alpha value is -3.99. The van der Waals surface area contributed by atoms with E-state index in [4.69, 9.17) is 5.73 Å². The van der Waals surface area contributed by atoms with Crippen LogP contribution in [0.3, 0.4) is 0 Å². The van der Waals surface area contributed by atoms with Gasteiger partial charge in [0.25, 0.3) is 0 Å². The fourth-order valence-corrected chi connectivity index (χ4v) is 4.43. The molecule has 0 saturated carbocycles. The third-order valence-electron chi connectivity index (χ3n) is 6.22. The topological polar surface area (TPSA) is 155 Å². The number of carbonyl (C=O) groups is 3. The Morgan fingerprint density at radius 1 is 1.17 bits per heavy atom. The average Bonchev–Trinajstić information content (AvgIpc) is 3.42. The number of likely N-dealkylation sites (tertiary alicyclic amines) is 1. The van der Waals surface area contributed by atoms with Gasteiger partial charge in [-0.2, -0.15) is 0 Å². The second-order valence-corrected chi connectivity index (χ2v) is 8.78. The Labute approximate surface area is 202 Å². The predicted molar refractivity (Wildman–Crippen MR) is 128 cm³/mol. The molecule has 0 aliphatic carbocycles. The first kappa shape index (κ1) is 24.1. The Morgan fingerprint density at radius 2 is 1.94 bits per heavy atom. The minimum atomic E-state index is -1.29. The van der Waals surface area contributed by atoms with Crippen LogP contribution in [0.1, 0.15) is 24.0 Å². The molecule has 11 nitrogen and oxygen atoms in total. The molecule has 184 valence electrons. The minimum Gasteiger partial charge on any atom is -0.465 e. The van der Waals surface area contributed by atoms with Gasteiger partial charge in [0.1, 0.15) is 17.6 Å². The zero-order valence-electron chi connectivity index (χ0n) is 19.4. The summed E-state index contributed by atoms with van der Waals surface area (Å²) < 4.78 is 1.67. The summed E-state index contributed by atoms with van der Waals surface area (Å²) in [6.45, 7) is 0.440. The highest BCUT2D eigenvalue weighted by molar-refractivity contribution is 5.92. The van der Waals surface area contributed by atoms with Gasteiger partial charge in [-0.1, -0.05) is 41.6 Å². The SMILES string of the molecule is Cn1nnc2cc(CNC(=O)C3CC(N)CN3C(=O)[C@@H](CCc3ccccc3)NC(=O)O)ccc21. The fraction of sp³-hybridized carbons (Fsp3) is 0.375. The molecule has 2 heterocycles.